The molecule has 5 nitrogen and oxygen atoms in total. The summed E-state index contributed by atoms with van der Waals surface area (Å²) >= 11 is 0. The highest BCUT2D eigenvalue weighted by Gasteiger charge is 2.22. The van der Waals surface area contributed by atoms with Crippen molar-refractivity contribution >= 4 is 5.69 Å². The summed E-state index contributed by atoms with van der Waals surface area (Å²) < 4.78 is 10.3. The van der Waals surface area contributed by atoms with E-state index in [-0.39, 0.29) is 17.4 Å². The highest BCUT2D eigenvalue weighted by molar-refractivity contribution is 5.55. The van der Waals surface area contributed by atoms with Crippen LogP contribution < -0.4 is 9.47 Å². The summed E-state index contributed by atoms with van der Waals surface area (Å²) in [5.74, 6) is 1.06. The second-order valence-corrected chi connectivity index (χ2v) is 3.34. The van der Waals surface area contributed by atoms with Gasteiger partial charge in [0.2, 0.25) is 6.79 Å². The number of benzene rings is 1. The van der Waals surface area contributed by atoms with Crippen molar-refractivity contribution in [1.82, 2.24) is 0 Å². The number of rotatable bonds is 3. The fourth-order valence-corrected chi connectivity index (χ4v) is 1.61. The molecule has 0 radical (unpaired) electrons. The molecular formula is C10H11NO4. The summed E-state index contributed by atoms with van der Waals surface area (Å²) in [5.41, 5.74) is 0.813. The van der Waals surface area contributed by atoms with E-state index in [9.17, 15) is 10.1 Å². The topological polar surface area (TPSA) is 61.6 Å². The number of ether oxygens (including phenoxy) is 2. The van der Waals surface area contributed by atoms with Crippen LogP contribution in [0.15, 0.2) is 12.1 Å². The maximum atomic E-state index is 10.8. The Labute approximate surface area is 86.8 Å². The van der Waals surface area contributed by atoms with E-state index >= 15 is 0 Å². The monoisotopic (exact) mass is 209 g/mol. The summed E-state index contributed by atoms with van der Waals surface area (Å²) in [6.45, 7) is 2.12. The predicted molar refractivity (Wildman–Crippen MR) is 53.2 cm³/mol. The molecule has 2 rings (SSSR count). The Hall–Kier alpha value is -1.78. The first-order valence-electron chi connectivity index (χ1n) is 4.79. The third-order valence-electron chi connectivity index (χ3n) is 2.29. The molecule has 0 bridgehead atoms. The summed E-state index contributed by atoms with van der Waals surface area (Å²) in [6, 6.07) is 3.14. The number of hydrogen-bond acceptors (Lipinski definition) is 4. The number of nitrogens with zero attached hydrogens (tertiary/aromatic N) is 1. The molecule has 0 saturated heterocycles. The van der Waals surface area contributed by atoms with Gasteiger partial charge in [-0.3, -0.25) is 10.1 Å². The Kier molecular flexibility index (Phi) is 2.45. The van der Waals surface area contributed by atoms with Gasteiger partial charge in [0.05, 0.1) is 11.0 Å². The molecule has 0 atom stereocenters. The molecule has 1 aliphatic rings. The lowest BCUT2D eigenvalue weighted by Crippen LogP contribution is -1.95. The van der Waals surface area contributed by atoms with Crippen molar-refractivity contribution < 1.29 is 14.4 Å². The third kappa shape index (κ3) is 1.72. The van der Waals surface area contributed by atoms with Crippen LogP contribution in [0.1, 0.15) is 18.9 Å². The van der Waals surface area contributed by atoms with Gasteiger partial charge in [0.15, 0.2) is 11.5 Å². The Morgan fingerprint density at radius 2 is 2.07 bits per heavy atom. The number of hydrogen-bond donors (Lipinski definition) is 0. The molecule has 0 N–H and O–H groups in total. The average molecular weight is 209 g/mol. The Morgan fingerprint density at radius 1 is 1.40 bits per heavy atom. The molecule has 0 unspecified atom stereocenters. The number of nitro benzene ring substituents is 1. The second-order valence-electron chi connectivity index (χ2n) is 3.34. The number of fused-ring (bicyclic) bond motifs is 1. The lowest BCUT2D eigenvalue weighted by molar-refractivity contribution is -0.385. The van der Waals surface area contributed by atoms with Crippen LogP contribution in [-0.4, -0.2) is 11.7 Å². The van der Waals surface area contributed by atoms with Crippen molar-refractivity contribution in [3.05, 3.63) is 27.8 Å². The van der Waals surface area contributed by atoms with Gasteiger partial charge < -0.3 is 9.47 Å². The van der Waals surface area contributed by atoms with Gasteiger partial charge in [-0.2, -0.15) is 0 Å². The smallest absolute Gasteiger partial charge is 0.276 e. The molecule has 0 saturated carbocycles. The van der Waals surface area contributed by atoms with Crippen molar-refractivity contribution in [2.75, 3.05) is 6.79 Å². The minimum atomic E-state index is -0.382. The van der Waals surface area contributed by atoms with Crippen molar-refractivity contribution in [2.24, 2.45) is 0 Å². The van der Waals surface area contributed by atoms with Gasteiger partial charge in [0.25, 0.3) is 5.69 Å². The predicted octanol–water partition coefficient (Wildman–Crippen LogP) is 2.28. The van der Waals surface area contributed by atoms with Gasteiger partial charge in [-0.05, 0) is 12.5 Å². The Morgan fingerprint density at radius 3 is 2.67 bits per heavy atom. The summed E-state index contributed by atoms with van der Waals surface area (Å²) in [7, 11) is 0. The van der Waals surface area contributed by atoms with Crippen LogP contribution in [0.5, 0.6) is 11.5 Å². The largest absolute Gasteiger partial charge is 0.454 e. The fraction of sp³-hybridized carbons (Fsp3) is 0.400. The highest BCUT2D eigenvalue weighted by atomic mass is 16.7. The van der Waals surface area contributed by atoms with E-state index in [2.05, 4.69) is 0 Å². The molecule has 0 spiro atoms. The van der Waals surface area contributed by atoms with Crippen LogP contribution in [0.3, 0.4) is 0 Å². The minimum absolute atomic E-state index is 0.112. The molecule has 1 heterocycles. The maximum Gasteiger partial charge on any atom is 0.276 e. The maximum absolute atomic E-state index is 10.8. The Bertz CT molecular complexity index is 403. The first-order valence-corrected chi connectivity index (χ1v) is 4.79. The lowest BCUT2D eigenvalue weighted by Gasteiger charge is -2.02. The van der Waals surface area contributed by atoms with E-state index in [1.54, 1.807) is 6.07 Å². The molecule has 1 aliphatic heterocycles. The number of nitro groups is 1. The molecule has 15 heavy (non-hydrogen) atoms. The average Bonchev–Trinajstić information content (AvgIpc) is 2.63. The van der Waals surface area contributed by atoms with E-state index in [1.165, 1.54) is 6.07 Å². The van der Waals surface area contributed by atoms with Gasteiger partial charge in [-0.25, -0.2) is 0 Å². The van der Waals surface area contributed by atoms with Crippen molar-refractivity contribution in [3.8, 4) is 11.5 Å². The second kappa shape index (κ2) is 3.76. The Balaban J connectivity index is 2.47. The van der Waals surface area contributed by atoms with Gasteiger partial charge in [-0.1, -0.05) is 13.3 Å². The SMILES string of the molecule is CCCc1cc2c(cc1[N+](=O)[O-])OCO2. The van der Waals surface area contributed by atoms with Crippen molar-refractivity contribution in [2.45, 2.75) is 19.8 Å². The third-order valence-corrected chi connectivity index (χ3v) is 2.29. The highest BCUT2D eigenvalue weighted by Crippen LogP contribution is 2.38. The molecule has 0 amide bonds. The van der Waals surface area contributed by atoms with Crippen LogP contribution in [0.2, 0.25) is 0 Å². The zero-order valence-electron chi connectivity index (χ0n) is 8.36. The standard InChI is InChI=1S/C10H11NO4/c1-2-3-7-4-9-10(15-6-14-9)5-8(7)11(12)13/h4-5H,2-3,6H2,1H3. The van der Waals surface area contributed by atoms with Crippen molar-refractivity contribution in [3.63, 3.8) is 0 Å². The van der Waals surface area contributed by atoms with Crippen LogP contribution in [0.25, 0.3) is 0 Å². The molecule has 0 aliphatic carbocycles. The lowest BCUT2D eigenvalue weighted by atomic mass is 10.1. The zero-order valence-corrected chi connectivity index (χ0v) is 8.36. The van der Waals surface area contributed by atoms with Gasteiger partial charge >= 0.3 is 0 Å². The van der Waals surface area contributed by atoms with Gasteiger partial charge in [-0.15, -0.1) is 0 Å². The molecule has 5 heteroatoms. The van der Waals surface area contributed by atoms with Crippen LogP contribution in [0, 0.1) is 10.1 Å². The summed E-state index contributed by atoms with van der Waals surface area (Å²) in [4.78, 5) is 10.4. The molecule has 1 aromatic rings. The first-order chi connectivity index (χ1) is 7.22. The van der Waals surface area contributed by atoms with Crippen molar-refractivity contribution in [1.29, 1.82) is 0 Å². The van der Waals surface area contributed by atoms with Crippen LogP contribution >= 0.6 is 0 Å². The quantitative estimate of drug-likeness (QED) is 0.566. The zero-order chi connectivity index (χ0) is 10.8. The molecular weight excluding hydrogens is 198 g/mol. The summed E-state index contributed by atoms with van der Waals surface area (Å²) in [6.07, 6.45) is 1.54. The van der Waals surface area contributed by atoms with E-state index in [4.69, 9.17) is 9.47 Å². The van der Waals surface area contributed by atoms with Gasteiger partial charge in [0, 0.05) is 5.56 Å². The minimum Gasteiger partial charge on any atom is -0.454 e. The van der Waals surface area contributed by atoms with Crippen LogP contribution in [-0.2, 0) is 6.42 Å². The summed E-state index contributed by atoms with van der Waals surface area (Å²) in [5, 5.41) is 10.8. The van der Waals surface area contributed by atoms with E-state index < -0.39 is 0 Å². The van der Waals surface area contributed by atoms with Crippen LogP contribution in [0.4, 0.5) is 5.69 Å². The van der Waals surface area contributed by atoms with Gasteiger partial charge in [0.1, 0.15) is 0 Å². The van der Waals surface area contributed by atoms with E-state index in [0.29, 0.717) is 23.5 Å². The normalized spacial score (nSPS) is 12.9. The van der Waals surface area contributed by atoms with E-state index in [0.717, 1.165) is 6.42 Å². The molecule has 0 fully saturated rings. The molecule has 80 valence electrons. The molecule has 0 aromatic heterocycles. The first kappa shape index (κ1) is 9.76. The molecule has 1 aromatic carbocycles. The number of aryl methyl sites for hydroxylation is 1. The fourth-order valence-electron chi connectivity index (χ4n) is 1.61. The van der Waals surface area contributed by atoms with E-state index in [1.807, 2.05) is 6.92 Å².